The normalized spacial score (nSPS) is 14.2. The van der Waals surface area contributed by atoms with Crippen LogP contribution in [0.15, 0.2) is 24.5 Å². The summed E-state index contributed by atoms with van der Waals surface area (Å²) in [6.45, 7) is 7.58. The Kier molecular flexibility index (Phi) is 3.62. The largest absolute Gasteiger partial charge is 0.385 e. The van der Waals surface area contributed by atoms with Gasteiger partial charge >= 0.3 is 0 Å². The molecule has 1 atom stereocenters. The Hall–Kier alpha value is -1.81. The Bertz CT molecular complexity index is 579. The molecule has 0 aliphatic heterocycles. The molecule has 0 saturated heterocycles. The molecular formula is C15H19N3O. The van der Waals surface area contributed by atoms with Gasteiger partial charge in [-0.25, -0.2) is 0 Å². The summed E-state index contributed by atoms with van der Waals surface area (Å²) >= 11 is 0. The summed E-state index contributed by atoms with van der Waals surface area (Å²) < 4.78 is 0. The van der Waals surface area contributed by atoms with Crippen LogP contribution in [0.4, 0.5) is 0 Å². The molecule has 0 radical (unpaired) electrons. The minimum atomic E-state index is -0.991. The van der Waals surface area contributed by atoms with E-state index in [4.69, 9.17) is 0 Å². The van der Waals surface area contributed by atoms with E-state index < -0.39 is 5.60 Å². The van der Waals surface area contributed by atoms with E-state index in [0.717, 1.165) is 28.3 Å². The van der Waals surface area contributed by atoms with Crippen LogP contribution in [0.2, 0.25) is 0 Å². The summed E-state index contributed by atoms with van der Waals surface area (Å²) in [6, 6.07) is 3.69. The maximum Gasteiger partial charge on any atom is 0.0939 e. The Morgan fingerprint density at radius 1 is 1.11 bits per heavy atom. The zero-order valence-corrected chi connectivity index (χ0v) is 11.8. The highest BCUT2D eigenvalue weighted by atomic mass is 16.3. The third kappa shape index (κ3) is 2.96. The molecule has 2 heterocycles. The number of hydrogen-bond acceptors (Lipinski definition) is 4. The average molecular weight is 257 g/mol. The molecule has 4 heteroatoms. The van der Waals surface area contributed by atoms with Gasteiger partial charge in [0.05, 0.1) is 28.4 Å². The summed E-state index contributed by atoms with van der Waals surface area (Å²) in [5.41, 5.74) is 3.33. The van der Waals surface area contributed by atoms with Crippen LogP contribution in [0, 0.1) is 20.8 Å². The van der Waals surface area contributed by atoms with Crippen molar-refractivity contribution in [2.75, 3.05) is 0 Å². The first-order chi connectivity index (χ1) is 8.90. The number of nitrogens with zero attached hydrogens (tertiary/aromatic N) is 3. The molecule has 0 aliphatic carbocycles. The maximum absolute atomic E-state index is 10.6. The number of rotatable bonds is 3. The van der Waals surface area contributed by atoms with Crippen LogP contribution in [0.1, 0.15) is 35.3 Å². The maximum atomic E-state index is 10.6. The van der Waals surface area contributed by atoms with Gasteiger partial charge in [0.25, 0.3) is 0 Å². The third-order valence-corrected chi connectivity index (χ3v) is 3.37. The SMILES string of the molecule is Cc1nc(C)c(CC(C)(O)c2cccnc2)nc1C. The van der Waals surface area contributed by atoms with Crippen molar-refractivity contribution in [1.82, 2.24) is 15.0 Å². The van der Waals surface area contributed by atoms with Crippen molar-refractivity contribution in [3.05, 3.63) is 52.9 Å². The van der Waals surface area contributed by atoms with Crippen molar-refractivity contribution in [2.24, 2.45) is 0 Å². The van der Waals surface area contributed by atoms with E-state index in [1.165, 1.54) is 0 Å². The van der Waals surface area contributed by atoms with E-state index in [0.29, 0.717) is 6.42 Å². The van der Waals surface area contributed by atoms with E-state index in [2.05, 4.69) is 15.0 Å². The molecule has 2 aromatic heterocycles. The number of aryl methyl sites for hydroxylation is 3. The monoisotopic (exact) mass is 257 g/mol. The van der Waals surface area contributed by atoms with E-state index in [1.807, 2.05) is 32.9 Å². The Morgan fingerprint density at radius 2 is 1.79 bits per heavy atom. The van der Waals surface area contributed by atoms with E-state index in [-0.39, 0.29) is 0 Å². The number of hydrogen-bond donors (Lipinski definition) is 1. The minimum Gasteiger partial charge on any atom is -0.385 e. The second-order valence-electron chi connectivity index (χ2n) is 5.12. The van der Waals surface area contributed by atoms with Crippen LogP contribution in [0.25, 0.3) is 0 Å². The zero-order chi connectivity index (χ0) is 14.0. The van der Waals surface area contributed by atoms with Crippen molar-refractivity contribution in [3.8, 4) is 0 Å². The van der Waals surface area contributed by atoms with Crippen molar-refractivity contribution < 1.29 is 5.11 Å². The van der Waals surface area contributed by atoms with Gasteiger partial charge in [-0.15, -0.1) is 0 Å². The second kappa shape index (κ2) is 5.05. The van der Waals surface area contributed by atoms with E-state index >= 15 is 0 Å². The Balaban J connectivity index is 2.33. The molecule has 2 aromatic rings. The highest BCUT2D eigenvalue weighted by Crippen LogP contribution is 2.25. The Labute approximate surface area is 113 Å². The number of pyridine rings is 1. The molecule has 0 spiro atoms. The molecule has 0 bridgehead atoms. The molecule has 19 heavy (non-hydrogen) atoms. The second-order valence-corrected chi connectivity index (χ2v) is 5.12. The first-order valence-electron chi connectivity index (χ1n) is 6.34. The quantitative estimate of drug-likeness (QED) is 0.916. The van der Waals surface area contributed by atoms with Gasteiger partial charge in [0.1, 0.15) is 0 Å². The van der Waals surface area contributed by atoms with Crippen molar-refractivity contribution >= 4 is 0 Å². The number of aliphatic hydroxyl groups is 1. The highest BCUT2D eigenvalue weighted by molar-refractivity contribution is 5.24. The van der Waals surface area contributed by atoms with Gasteiger partial charge < -0.3 is 5.11 Å². The summed E-state index contributed by atoms with van der Waals surface area (Å²) in [6.07, 6.45) is 3.81. The average Bonchev–Trinajstić information content (AvgIpc) is 2.37. The van der Waals surface area contributed by atoms with Gasteiger partial charge in [0, 0.05) is 24.4 Å². The number of aromatic nitrogens is 3. The molecule has 0 saturated carbocycles. The van der Waals surface area contributed by atoms with Gasteiger partial charge in [-0.2, -0.15) is 0 Å². The molecule has 0 amide bonds. The first kappa shape index (κ1) is 13.6. The fourth-order valence-electron chi connectivity index (χ4n) is 2.04. The van der Waals surface area contributed by atoms with Crippen LogP contribution in [0.5, 0.6) is 0 Å². The van der Waals surface area contributed by atoms with Crippen molar-refractivity contribution in [2.45, 2.75) is 39.7 Å². The molecule has 1 N–H and O–H groups in total. The standard InChI is InChI=1S/C15H19N3O/c1-10-11(2)18-14(12(3)17-10)8-15(4,19)13-6-5-7-16-9-13/h5-7,9,19H,8H2,1-4H3. The van der Waals surface area contributed by atoms with Crippen LogP contribution in [0.3, 0.4) is 0 Å². The van der Waals surface area contributed by atoms with Crippen LogP contribution in [-0.2, 0) is 12.0 Å². The van der Waals surface area contributed by atoms with Crippen LogP contribution < -0.4 is 0 Å². The molecule has 2 rings (SSSR count). The molecule has 0 aromatic carbocycles. The summed E-state index contributed by atoms with van der Waals surface area (Å²) in [7, 11) is 0. The fourth-order valence-corrected chi connectivity index (χ4v) is 2.04. The lowest BCUT2D eigenvalue weighted by Gasteiger charge is -2.24. The lowest BCUT2D eigenvalue weighted by Crippen LogP contribution is -2.26. The van der Waals surface area contributed by atoms with Gasteiger partial charge in [-0.1, -0.05) is 6.07 Å². The van der Waals surface area contributed by atoms with Gasteiger partial charge in [-0.3, -0.25) is 15.0 Å². The molecule has 0 aliphatic rings. The smallest absolute Gasteiger partial charge is 0.0939 e. The van der Waals surface area contributed by atoms with Crippen LogP contribution in [-0.4, -0.2) is 20.1 Å². The first-order valence-corrected chi connectivity index (χ1v) is 6.34. The lowest BCUT2D eigenvalue weighted by molar-refractivity contribution is 0.0559. The van der Waals surface area contributed by atoms with Crippen molar-refractivity contribution in [1.29, 1.82) is 0 Å². The van der Waals surface area contributed by atoms with Gasteiger partial charge in [0.2, 0.25) is 0 Å². The summed E-state index contributed by atoms with van der Waals surface area (Å²) in [4.78, 5) is 13.1. The highest BCUT2D eigenvalue weighted by Gasteiger charge is 2.25. The van der Waals surface area contributed by atoms with E-state index in [1.54, 1.807) is 19.3 Å². The predicted molar refractivity (Wildman–Crippen MR) is 73.8 cm³/mol. The third-order valence-electron chi connectivity index (χ3n) is 3.37. The Morgan fingerprint density at radius 3 is 2.42 bits per heavy atom. The topological polar surface area (TPSA) is 58.9 Å². The molecular weight excluding hydrogens is 238 g/mol. The lowest BCUT2D eigenvalue weighted by atomic mass is 9.91. The molecule has 0 fully saturated rings. The molecule has 4 nitrogen and oxygen atoms in total. The molecule has 100 valence electrons. The van der Waals surface area contributed by atoms with E-state index in [9.17, 15) is 5.11 Å². The van der Waals surface area contributed by atoms with Crippen LogP contribution >= 0.6 is 0 Å². The minimum absolute atomic E-state index is 0.429. The van der Waals surface area contributed by atoms with Gasteiger partial charge in [-0.05, 0) is 33.8 Å². The molecule has 1 unspecified atom stereocenters. The predicted octanol–water partition coefficient (Wildman–Crippen LogP) is 2.25. The summed E-state index contributed by atoms with van der Waals surface area (Å²) in [5, 5.41) is 10.6. The summed E-state index contributed by atoms with van der Waals surface area (Å²) in [5.74, 6) is 0. The van der Waals surface area contributed by atoms with Gasteiger partial charge in [0.15, 0.2) is 0 Å². The zero-order valence-electron chi connectivity index (χ0n) is 11.8. The fraction of sp³-hybridized carbons (Fsp3) is 0.400. The van der Waals surface area contributed by atoms with Crippen molar-refractivity contribution in [3.63, 3.8) is 0 Å².